The van der Waals surface area contributed by atoms with Crippen molar-refractivity contribution in [3.63, 3.8) is 0 Å². The Morgan fingerprint density at radius 3 is 2.65 bits per heavy atom. The standard InChI is InChI=1S/C12H14Cl2O3/c1-9(15)12(14,6-7-13)17-8-10-4-2-3-5-11(10)16/h2-5,16H,6-8H2,1H3. The van der Waals surface area contributed by atoms with Gasteiger partial charge in [0.05, 0.1) is 6.61 Å². The third-order valence-corrected chi connectivity index (χ3v) is 3.14. The maximum Gasteiger partial charge on any atom is 0.201 e. The fourth-order valence-electron chi connectivity index (χ4n) is 1.30. The Labute approximate surface area is 110 Å². The smallest absolute Gasteiger partial charge is 0.201 e. The number of phenolic OH excluding ortho intramolecular Hbond substituents is 1. The molecule has 94 valence electrons. The summed E-state index contributed by atoms with van der Waals surface area (Å²) in [6.07, 6.45) is 0.221. The molecule has 0 spiro atoms. The Morgan fingerprint density at radius 1 is 1.47 bits per heavy atom. The number of benzene rings is 1. The summed E-state index contributed by atoms with van der Waals surface area (Å²) in [5.74, 6) is 0.0420. The van der Waals surface area contributed by atoms with Gasteiger partial charge < -0.3 is 9.84 Å². The number of hydrogen-bond donors (Lipinski definition) is 1. The van der Waals surface area contributed by atoms with E-state index >= 15 is 0 Å². The van der Waals surface area contributed by atoms with E-state index in [0.29, 0.717) is 5.56 Å². The van der Waals surface area contributed by atoms with Crippen LogP contribution in [0.3, 0.4) is 0 Å². The predicted octanol–water partition coefficient (Wildman–Crippen LogP) is 3.06. The Bertz CT molecular complexity index is 395. The van der Waals surface area contributed by atoms with Crippen LogP contribution < -0.4 is 0 Å². The van der Waals surface area contributed by atoms with Crippen LogP contribution in [0, 0.1) is 0 Å². The highest BCUT2D eigenvalue weighted by Crippen LogP contribution is 2.27. The number of alkyl halides is 2. The molecule has 0 heterocycles. The van der Waals surface area contributed by atoms with E-state index in [2.05, 4.69) is 0 Å². The minimum atomic E-state index is -1.41. The van der Waals surface area contributed by atoms with Crippen LogP contribution in [-0.2, 0) is 16.1 Å². The number of para-hydroxylation sites is 1. The van der Waals surface area contributed by atoms with Crippen molar-refractivity contribution in [1.29, 1.82) is 0 Å². The average Bonchev–Trinajstić information content (AvgIpc) is 2.28. The van der Waals surface area contributed by atoms with Crippen molar-refractivity contribution in [2.75, 3.05) is 5.88 Å². The van der Waals surface area contributed by atoms with Gasteiger partial charge in [-0.2, -0.15) is 0 Å². The van der Waals surface area contributed by atoms with Crippen LogP contribution in [0.5, 0.6) is 5.75 Å². The molecule has 0 bridgehead atoms. The summed E-state index contributed by atoms with van der Waals surface area (Å²) < 4.78 is 5.37. The molecule has 5 heteroatoms. The van der Waals surface area contributed by atoms with Gasteiger partial charge in [0.1, 0.15) is 5.75 Å². The highest BCUT2D eigenvalue weighted by Gasteiger charge is 2.33. The lowest BCUT2D eigenvalue weighted by Gasteiger charge is -2.23. The van der Waals surface area contributed by atoms with Gasteiger partial charge in [-0.3, -0.25) is 4.79 Å². The average molecular weight is 277 g/mol. The molecular weight excluding hydrogens is 263 g/mol. The van der Waals surface area contributed by atoms with Gasteiger partial charge in [-0.25, -0.2) is 0 Å². The third kappa shape index (κ3) is 3.87. The van der Waals surface area contributed by atoms with Crippen molar-refractivity contribution in [1.82, 2.24) is 0 Å². The van der Waals surface area contributed by atoms with E-state index in [1.807, 2.05) is 0 Å². The van der Waals surface area contributed by atoms with Gasteiger partial charge in [-0.1, -0.05) is 29.8 Å². The zero-order valence-electron chi connectivity index (χ0n) is 9.45. The number of Topliss-reactive ketones (excluding diaryl/α,β-unsaturated/α-hetero) is 1. The van der Waals surface area contributed by atoms with Crippen molar-refractivity contribution in [2.24, 2.45) is 0 Å². The van der Waals surface area contributed by atoms with E-state index in [-0.39, 0.29) is 30.4 Å². The van der Waals surface area contributed by atoms with Crippen LogP contribution >= 0.6 is 23.2 Å². The van der Waals surface area contributed by atoms with E-state index < -0.39 is 5.06 Å². The molecular formula is C12H14Cl2O3. The number of phenols is 1. The molecule has 0 radical (unpaired) electrons. The number of ketones is 1. The molecule has 0 saturated heterocycles. The molecule has 1 unspecified atom stereocenters. The van der Waals surface area contributed by atoms with Crippen LogP contribution in [0.25, 0.3) is 0 Å². The van der Waals surface area contributed by atoms with Crippen LogP contribution in [-0.4, -0.2) is 21.8 Å². The minimum absolute atomic E-state index is 0.0621. The highest BCUT2D eigenvalue weighted by atomic mass is 35.5. The first kappa shape index (κ1) is 14.3. The molecule has 0 aliphatic carbocycles. The quantitative estimate of drug-likeness (QED) is 0.813. The van der Waals surface area contributed by atoms with Crippen molar-refractivity contribution < 1.29 is 14.6 Å². The molecule has 0 saturated carbocycles. The number of halogens is 2. The van der Waals surface area contributed by atoms with Gasteiger partial charge in [0.2, 0.25) is 5.06 Å². The summed E-state index contributed by atoms with van der Waals surface area (Å²) in [7, 11) is 0. The first-order valence-electron chi connectivity index (χ1n) is 5.16. The normalized spacial score (nSPS) is 14.3. The number of aromatic hydroxyl groups is 1. The Balaban J connectivity index is 2.71. The zero-order valence-corrected chi connectivity index (χ0v) is 11.0. The number of carbonyl (C=O) groups is 1. The molecule has 1 N–H and O–H groups in total. The molecule has 3 nitrogen and oxygen atoms in total. The third-order valence-electron chi connectivity index (χ3n) is 2.39. The second-order valence-corrected chi connectivity index (χ2v) is 4.63. The van der Waals surface area contributed by atoms with Crippen LogP contribution in [0.1, 0.15) is 18.9 Å². The van der Waals surface area contributed by atoms with E-state index in [0.717, 1.165) is 0 Å². The molecule has 1 aromatic carbocycles. The van der Waals surface area contributed by atoms with Gasteiger partial charge in [0.15, 0.2) is 5.78 Å². The van der Waals surface area contributed by atoms with E-state index in [1.165, 1.54) is 6.92 Å². The van der Waals surface area contributed by atoms with Crippen molar-refractivity contribution >= 4 is 29.0 Å². The summed E-state index contributed by atoms with van der Waals surface area (Å²) in [6, 6.07) is 6.72. The Hall–Kier alpha value is -0.770. The molecule has 1 rings (SSSR count). The topological polar surface area (TPSA) is 46.5 Å². The largest absolute Gasteiger partial charge is 0.508 e. The van der Waals surface area contributed by atoms with Gasteiger partial charge in [-0.05, 0) is 13.0 Å². The molecule has 0 aromatic heterocycles. The number of carbonyl (C=O) groups excluding carboxylic acids is 1. The fourth-order valence-corrected chi connectivity index (χ4v) is 1.81. The molecule has 0 aliphatic rings. The maximum absolute atomic E-state index is 11.4. The summed E-state index contributed by atoms with van der Waals surface area (Å²) >= 11 is 11.6. The first-order chi connectivity index (χ1) is 7.99. The van der Waals surface area contributed by atoms with Crippen LogP contribution in [0.4, 0.5) is 0 Å². The van der Waals surface area contributed by atoms with Crippen molar-refractivity contribution in [2.45, 2.75) is 25.0 Å². The zero-order chi connectivity index (χ0) is 12.9. The molecule has 0 fully saturated rings. The minimum Gasteiger partial charge on any atom is -0.508 e. The molecule has 0 aliphatic heterocycles. The molecule has 1 atom stereocenters. The van der Waals surface area contributed by atoms with Gasteiger partial charge in [0.25, 0.3) is 0 Å². The Kier molecular flexibility index (Phi) is 5.25. The van der Waals surface area contributed by atoms with E-state index in [1.54, 1.807) is 24.3 Å². The lowest BCUT2D eigenvalue weighted by atomic mass is 10.1. The van der Waals surface area contributed by atoms with Gasteiger partial charge >= 0.3 is 0 Å². The highest BCUT2D eigenvalue weighted by molar-refractivity contribution is 6.34. The van der Waals surface area contributed by atoms with E-state index in [9.17, 15) is 9.90 Å². The van der Waals surface area contributed by atoms with Gasteiger partial charge in [-0.15, -0.1) is 11.6 Å². The van der Waals surface area contributed by atoms with Gasteiger partial charge in [0, 0.05) is 17.9 Å². The van der Waals surface area contributed by atoms with Crippen LogP contribution in [0.2, 0.25) is 0 Å². The molecule has 0 amide bonds. The van der Waals surface area contributed by atoms with E-state index in [4.69, 9.17) is 27.9 Å². The summed E-state index contributed by atoms with van der Waals surface area (Å²) in [5.41, 5.74) is 0.577. The maximum atomic E-state index is 11.4. The fraction of sp³-hybridized carbons (Fsp3) is 0.417. The second kappa shape index (κ2) is 6.24. The lowest BCUT2D eigenvalue weighted by Crippen LogP contribution is -2.34. The summed E-state index contributed by atoms with van der Waals surface area (Å²) in [6.45, 7) is 1.41. The lowest BCUT2D eigenvalue weighted by molar-refractivity contribution is -0.133. The first-order valence-corrected chi connectivity index (χ1v) is 6.07. The van der Waals surface area contributed by atoms with Crippen molar-refractivity contribution in [3.05, 3.63) is 29.8 Å². The molecule has 1 aromatic rings. The number of rotatable bonds is 6. The predicted molar refractivity (Wildman–Crippen MR) is 67.5 cm³/mol. The molecule has 17 heavy (non-hydrogen) atoms. The second-order valence-electron chi connectivity index (χ2n) is 3.64. The SMILES string of the molecule is CC(=O)C(Cl)(CCCl)OCc1ccccc1O. The summed E-state index contributed by atoms with van der Waals surface area (Å²) in [5, 5.41) is 8.13. The van der Waals surface area contributed by atoms with Crippen molar-refractivity contribution in [3.8, 4) is 5.75 Å². The number of ether oxygens (including phenoxy) is 1. The van der Waals surface area contributed by atoms with Crippen LogP contribution in [0.15, 0.2) is 24.3 Å². The Morgan fingerprint density at radius 2 is 2.12 bits per heavy atom. The monoisotopic (exact) mass is 276 g/mol. The number of hydrogen-bond acceptors (Lipinski definition) is 3. The summed E-state index contributed by atoms with van der Waals surface area (Å²) in [4.78, 5) is 11.4.